The molecule has 1 saturated heterocycles. The number of anilines is 3. The van der Waals surface area contributed by atoms with E-state index in [0.717, 1.165) is 24.2 Å². The summed E-state index contributed by atoms with van der Waals surface area (Å²) in [6.45, 7) is 4.08. The van der Waals surface area contributed by atoms with Crippen LogP contribution in [0, 0.1) is 0 Å². The van der Waals surface area contributed by atoms with Gasteiger partial charge in [-0.15, -0.1) is 0 Å². The minimum atomic E-state index is -0.113. The Balaban J connectivity index is 1.49. The van der Waals surface area contributed by atoms with Gasteiger partial charge in [0.05, 0.1) is 26.4 Å². The highest BCUT2D eigenvalue weighted by atomic mass is 16.5. The van der Waals surface area contributed by atoms with Gasteiger partial charge in [-0.3, -0.25) is 9.36 Å². The standard InChI is InChI=1S/C23H29N5O3/c1-30-15-16-31-14-13-28-21(29)10-5-18-17-24-23(26-22(18)28)25-19-6-8-20(9-7-19)27-11-3-2-4-12-27/h5-10,17H,2-4,11-16H2,1H3,(H,24,25,26). The largest absolute Gasteiger partial charge is 0.382 e. The highest BCUT2D eigenvalue weighted by molar-refractivity contribution is 5.75. The van der Waals surface area contributed by atoms with Gasteiger partial charge in [0.2, 0.25) is 5.95 Å². The van der Waals surface area contributed by atoms with Crippen LogP contribution in [-0.4, -0.2) is 54.6 Å². The summed E-state index contributed by atoms with van der Waals surface area (Å²) in [6.07, 6.45) is 5.56. The zero-order valence-corrected chi connectivity index (χ0v) is 17.9. The number of hydrogen-bond acceptors (Lipinski definition) is 7. The van der Waals surface area contributed by atoms with Gasteiger partial charge in [-0.25, -0.2) is 4.98 Å². The molecule has 1 N–H and O–H groups in total. The first-order valence-corrected chi connectivity index (χ1v) is 10.8. The van der Waals surface area contributed by atoms with Crippen LogP contribution in [0.25, 0.3) is 11.0 Å². The molecule has 2 aromatic heterocycles. The van der Waals surface area contributed by atoms with Crippen LogP contribution >= 0.6 is 0 Å². The lowest BCUT2D eigenvalue weighted by Gasteiger charge is -2.28. The van der Waals surface area contributed by atoms with Crippen molar-refractivity contribution in [2.24, 2.45) is 0 Å². The predicted molar refractivity (Wildman–Crippen MR) is 122 cm³/mol. The summed E-state index contributed by atoms with van der Waals surface area (Å²) in [5.74, 6) is 0.456. The summed E-state index contributed by atoms with van der Waals surface area (Å²) < 4.78 is 12.1. The van der Waals surface area contributed by atoms with Crippen molar-refractivity contribution < 1.29 is 9.47 Å². The molecule has 1 fully saturated rings. The van der Waals surface area contributed by atoms with E-state index in [0.29, 0.717) is 38.0 Å². The lowest BCUT2D eigenvalue weighted by atomic mass is 10.1. The molecule has 0 radical (unpaired) electrons. The Kier molecular flexibility index (Phi) is 7.11. The predicted octanol–water partition coefficient (Wildman–Crippen LogP) is 3.19. The maximum atomic E-state index is 12.4. The minimum absolute atomic E-state index is 0.113. The molecule has 3 aromatic rings. The second-order valence-electron chi connectivity index (χ2n) is 7.62. The quantitative estimate of drug-likeness (QED) is 0.529. The number of piperidine rings is 1. The molecule has 4 rings (SSSR count). The molecule has 8 heteroatoms. The third kappa shape index (κ3) is 5.39. The number of rotatable bonds is 9. The van der Waals surface area contributed by atoms with Crippen LogP contribution in [0.15, 0.2) is 47.4 Å². The van der Waals surface area contributed by atoms with Crippen molar-refractivity contribution in [1.82, 2.24) is 14.5 Å². The SMILES string of the molecule is COCCOCCn1c(=O)ccc2cnc(Nc3ccc(N4CCCCC4)cc3)nc21. The van der Waals surface area contributed by atoms with Crippen LogP contribution in [0.1, 0.15) is 19.3 Å². The first-order chi connectivity index (χ1) is 15.2. The Labute approximate surface area is 181 Å². The van der Waals surface area contributed by atoms with Gasteiger partial charge in [0, 0.05) is 49.2 Å². The minimum Gasteiger partial charge on any atom is -0.382 e. The van der Waals surface area contributed by atoms with Gasteiger partial charge in [-0.05, 0) is 49.6 Å². The molecule has 0 spiro atoms. The Morgan fingerprint density at radius 1 is 1.00 bits per heavy atom. The number of fused-ring (bicyclic) bond motifs is 1. The molecule has 0 atom stereocenters. The summed E-state index contributed by atoms with van der Waals surface area (Å²) in [5, 5.41) is 4.06. The van der Waals surface area contributed by atoms with E-state index in [4.69, 9.17) is 9.47 Å². The Bertz CT molecular complexity index is 1050. The molecular weight excluding hydrogens is 394 g/mol. The fraction of sp³-hybridized carbons (Fsp3) is 0.435. The Morgan fingerprint density at radius 2 is 1.81 bits per heavy atom. The summed E-state index contributed by atoms with van der Waals surface area (Å²) in [7, 11) is 1.63. The highest BCUT2D eigenvalue weighted by Crippen LogP contribution is 2.23. The molecule has 1 aromatic carbocycles. The topological polar surface area (TPSA) is 81.5 Å². The van der Waals surface area contributed by atoms with Crippen molar-refractivity contribution in [2.45, 2.75) is 25.8 Å². The molecule has 0 aliphatic carbocycles. The lowest BCUT2D eigenvalue weighted by molar-refractivity contribution is 0.0666. The van der Waals surface area contributed by atoms with Crippen LogP contribution in [0.4, 0.5) is 17.3 Å². The van der Waals surface area contributed by atoms with Gasteiger partial charge < -0.3 is 19.7 Å². The third-order valence-electron chi connectivity index (χ3n) is 5.46. The molecule has 8 nitrogen and oxygen atoms in total. The van der Waals surface area contributed by atoms with Crippen LogP contribution in [-0.2, 0) is 16.0 Å². The average molecular weight is 424 g/mol. The zero-order chi connectivity index (χ0) is 21.5. The number of aromatic nitrogens is 3. The second kappa shape index (κ2) is 10.4. The van der Waals surface area contributed by atoms with Gasteiger partial charge in [0.1, 0.15) is 5.65 Å². The van der Waals surface area contributed by atoms with Crippen molar-refractivity contribution in [3.63, 3.8) is 0 Å². The Hall–Kier alpha value is -2.97. The first-order valence-electron chi connectivity index (χ1n) is 10.8. The van der Waals surface area contributed by atoms with Crippen LogP contribution in [0.5, 0.6) is 0 Å². The fourth-order valence-corrected chi connectivity index (χ4v) is 3.78. The number of methoxy groups -OCH3 is 1. The van der Waals surface area contributed by atoms with E-state index in [1.165, 1.54) is 31.0 Å². The molecular formula is C23H29N5O3. The van der Waals surface area contributed by atoms with E-state index in [2.05, 4.69) is 32.3 Å². The molecule has 0 amide bonds. The van der Waals surface area contributed by atoms with Crippen molar-refractivity contribution in [2.75, 3.05) is 50.2 Å². The van der Waals surface area contributed by atoms with Gasteiger partial charge >= 0.3 is 0 Å². The zero-order valence-electron chi connectivity index (χ0n) is 17.9. The normalized spacial score (nSPS) is 14.2. The smallest absolute Gasteiger partial charge is 0.252 e. The molecule has 0 bridgehead atoms. The van der Waals surface area contributed by atoms with Gasteiger partial charge in [0.25, 0.3) is 5.56 Å². The summed E-state index contributed by atoms with van der Waals surface area (Å²) in [6, 6.07) is 11.6. The van der Waals surface area contributed by atoms with Gasteiger partial charge in [0.15, 0.2) is 0 Å². The average Bonchev–Trinajstić information content (AvgIpc) is 2.81. The molecule has 3 heterocycles. The van der Waals surface area contributed by atoms with Crippen molar-refractivity contribution in [1.29, 1.82) is 0 Å². The van der Waals surface area contributed by atoms with Crippen LogP contribution < -0.4 is 15.8 Å². The maximum Gasteiger partial charge on any atom is 0.252 e. The number of benzene rings is 1. The van der Waals surface area contributed by atoms with Crippen LogP contribution in [0.2, 0.25) is 0 Å². The fourth-order valence-electron chi connectivity index (χ4n) is 3.78. The first kappa shape index (κ1) is 21.3. The lowest BCUT2D eigenvalue weighted by Crippen LogP contribution is -2.29. The van der Waals surface area contributed by atoms with Crippen molar-refractivity contribution >= 4 is 28.4 Å². The van der Waals surface area contributed by atoms with E-state index >= 15 is 0 Å². The van der Waals surface area contributed by atoms with Crippen molar-refractivity contribution in [3.05, 3.63) is 52.9 Å². The summed E-state index contributed by atoms with van der Waals surface area (Å²) >= 11 is 0. The van der Waals surface area contributed by atoms with Gasteiger partial charge in [-0.1, -0.05) is 0 Å². The molecule has 31 heavy (non-hydrogen) atoms. The molecule has 1 aliphatic rings. The monoisotopic (exact) mass is 423 g/mol. The number of hydrogen-bond donors (Lipinski definition) is 1. The van der Waals surface area contributed by atoms with E-state index in [1.54, 1.807) is 23.9 Å². The van der Waals surface area contributed by atoms with E-state index in [1.807, 2.05) is 12.1 Å². The summed E-state index contributed by atoms with van der Waals surface area (Å²) in [4.78, 5) is 23.9. The third-order valence-corrected chi connectivity index (χ3v) is 5.46. The van der Waals surface area contributed by atoms with E-state index in [-0.39, 0.29) is 5.56 Å². The number of nitrogens with zero attached hydrogens (tertiary/aromatic N) is 4. The number of nitrogens with one attached hydrogen (secondary N) is 1. The second-order valence-corrected chi connectivity index (χ2v) is 7.62. The number of pyridine rings is 1. The Morgan fingerprint density at radius 3 is 2.58 bits per heavy atom. The molecule has 164 valence electrons. The van der Waals surface area contributed by atoms with E-state index in [9.17, 15) is 4.79 Å². The van der Waals surface area contributed by atoms with Gasteiger partial charge in [-0.2, -0.15) is 4.98 Å². The summed E-state index contributed by atoms with van der Waals surface area (Å²) in [5.41, 5.74) is 2.63. The maximum absolute atomic E-state index is 12.4. The van der Waals surface area contributed by atoms with E-state index < -0.39 is 0 Å². The molecule has 0 unspecified atom stereocenters. The van der Waals surface area contributed by atoms with Crippen molar-refractivity contribution in [3.8, 4) is 0 Å². The molecule has 0 saturated carbocycles. The molecule has 1 aliphatic heterocycles. The van der Waals surface area contributed by atoms with Crippen LogP contribution in [0.3, 0.4) is 0 Å². The number of ether oxygens (including phenoxy) is 2. The highest BCUT2D eigenvalue weighted by Gasteiger charge is 2.11.